The quantitative estimate of drug-likeness (QED) is 0.166. The Morgan fingerprint density at radius 3 is 2.63 bits per heavy atom. The first-order valence-corrected chi connectivity index (χ1v) is 13.5. The summed E-state index contributed by atoms with van der Waals surface area (Å²) in [6, 6.07) is 13.9. The highest BCUT2D eigenvalue weighted by molar-refractivity contribution is 7.07. The molecule has 41 heavy (non-hydrogen) atoms. The fraction of sp³-hybridized carbons (Fsp3) is 0.207. The standard InChI is InChI=1S/C29H25N3O8S/c1-4-38-23-11-9-18(14-24(23)39-5-2)26-21(28(34)37-3)16-30-29-31(26)27(33)25(41-29)15-20-10-12-22(40-20)17-7-6-8-19(13-17)32(35)36/h6-16,26H,4-5H2,1-3H3/b25-15-/t26-/m1/s1. The minimum Gasteiger partial charge on any atom is -0.490 e. The third-order valence-electron chi connectivity index (χ3n) is 6.25. The Morgan fingerprint density at radius 1 is 1.12 bits per heavy atom. The second kappa shape index (κ2) is 11.6. The Hall–Kier alpha value is -4.97. The minimum atomic E-state index is -0.826. The maximum absolute atomic E-state index is 13.8. The summed E-state index contributed by atoms with van der Waals surface area (Å²) in [7, 11) is 1.27. The third-order valence-corrected chi connectivity index (χ3v) is 7.25. The number of hydrogen-bond acceptors (Lipinski definition) is 10. The van der Waals surface area contributed by atoms with Crippen LogP contribution in [0.3, 0.4) is 0 Å². The summed E-state index contributed by atoms with van der Waals surface area (Å²) in [6.07, 6.45) is 2.99. The summed E-state index contributed by atoms with van der Waals surface area (Å²) in [4.78, 5) is 42.0. The number of carbonyl (C=O) groups excluding carboxylic acids is 1. The van der Waals surface area contributed by atoms with Gasteiger partial charge in [0, 0.05) is 30.0 Å². The Bertz CT molecular complexity index is 1850. The van der Waals surface area contributed by atoms with Gasteiger partial charge in [0.1, 0.15) is 11.5 Å². The highest BCUT2D eigenvalue weighted by Crippen LogP contribution is 2.35. The highest BCUT2D eigenvalue weighted by Gasteiger charge is 2.31. The molecule has 0 unspecified atom stereocenters. The number of methoxy groups -OCH3 is 1. The monoisotopic (exact) mass is 575 g/mol. The van der Waals surface area contributed by atoms with E-state index in [1.54, 1.807) is 48.5 Å². The lowest BCUT2D eigenvalue weighted by Gasteiger charge is -2.23. The topological polar surface area (TPSA) is 135 Å². The van der Waals surface area contributed by atoms with Gasteiger partial charge in [0.15, 0.2) is 16.3 Å². The molecule has 4 aromatic rings. The third kappa shape index (κ3) is 5.41. The van der Waals surface area contributed by atoms with Crippen molar-refractivity contribution in [3.63, 3.8) is 0 Å². The maximum Gasteiger partial charge on any atom is 0.337 e. The molecule has 2 aromatic heterocycles. The normalized spacial score (nSPS) is 14.6. The molecular weight excluding hydrogens is 550 g/mol. The molecular formula is C29H25N3O8S. The van der Waals surface area contributed by atoms with E-state index in [2.05, 4.69) is 4.99 Å². The average molecular weight is 576 g/mol. The molecule has 3 heterocycles. The van der Waals surface area contributed by atoms with Gasteiger partial charge in [-0.05, 0) is 43.7 Å². The number of esters is 1. The Kier molecular flexibility index (Phi) is 7.83. The Morgan fingerprint density at radius 2 is 1.90 bits per heavy atom. The molecule has 0 bridgehead atoms. The lowest BCUT2D eigenvalue weighted by molar-refractivity contribution is -0.384. The number of thiazole rings is 1. The number of benzene rings is 2. The number of nitrogens with zero attached hydrogens (tertiary/aromatic N) is 3. The number of fused-ring (bicyclic) bond motifs is 1. The number of non-ortho nitro benzene ring substituents is 1. The van der Waals surface area contributed by atoms with Gasteiger partial charge in [0.05, 0.1) is 41.4 Å². The summed E-state index contributed by atoms with van der Waals surface area (Å²) in [6.45, 7) is 4.56. The molecule has 0 spiro atoms. The lowest BCUT2D eigenvalue weighted by Crippen LogP contribution is -2.39. The van der Waals surface area contributed by atoms with Crippen LogP contribution >= 0.6 is 11.3 Å². The van der Waals surface area contributed by atoms with Crippen molar-refractivity contribution in [3.05, 3.63) is 107 Å². The van der Waals surface area contributed by atoms with Crippen LogP contribution in [-0.2, 0) is 9.53 Å². The zero-order valence-corrected chi connectivity index (χ0v) is 23.2. The number of nitro benzene ring substituents is 1. The molecule has 0 radical (unpaired) electrons. The zero-order valence-electron chi connectivity index (χ0n) is 22.4. The molecule has 0 saturated heterocycles. The van der Waals surface area contributed by atoms with Gasteiger partial charge in [-0.3, -0.25) is 19.5 Å². The van der Waals surface area contributed by atoms with Crippen molar-refractivity contribution in [1.29, 1.82) is 0 Å². The maximum atomic E-state index is 13.8. The summed E-state index contributed by atoms with van der Waals surface area (Å²) in [5.74, 6) is 1.20. The molecule has 0 saturated carbocycles. The van der Waals surface area contributed by atoms with E-state index in [0.717, 1.165) is 11.3 Å². The van der Waals surface area contributed by atoms with E-state index < -0.39 is 16.9 Å². The molecule has 0 N–H and O–H groups in total. The fourth-order valence-electron chi connectivity index (χ4n) is 4.47. The van der Waals surface area contributed by atoms with Gasteiger partial charge in [0.25, 0.3) is 11.2 Å². The van der Waals surface area contributed by atoms with Gasteiger partial charge in [-0.15, -0.1) is 0 Å². The van der Waals surface area contributed by atoms with Crippen molar-refractivity contribution in [2.24, 2.45) is 4.99 Å². The van der Waals surface area contributed by atoms with Crippen LogP contribution in [0.5, 0.6) is 11.5 Å². The van der Waals surface area contributed by atoms with Crippen molar-refractivity contribution < 1.29 is 28.3 Å². The van der Waals surface area contributed by atoms with Crippen molar-refractivity contribution in [2.45, 2.75) is 19.9 Å². The second-order valence-electron chi connectivity index (χ2n) is 8.76. The van der Waals surface area contributed by atoms with Crippen molar-refractivity contribution in [1.82, 2.24) is 4.57 Å². The lowest BCUT2D eigenvalue weighted by atomic mass is 9.97. The van der Waals surface area contributed by atoms with E-state index >= 15 is 0 Å². The molecule has 11 nitrogen and oxygen atoms in total. The highest BCUT2D eigenvalue weighted by atomic mass is 32.1. The van der Waals surface area contributed by atoms with Crippen molar-refractivity contribution in [2.75, 3.05) is 20.3 Å². The zero-order chi connectivity index (χ0) is 29.1. The number of hydrogen-bond donors (Lipinski definition) is 0. The van der Waals surface area contributed by atoms with E-state index in [1.807, 2.05) is 13.8 Å². The average Bonchev–Trinajstić information content (AvgIpc) is 3.58. The van der Waals surface area contributed by atoms with Crippen LogP contribution in [0.1, 0.15) is 31.2 Å². The number of nitro groups is 1. The van der Waals surface area contributed by atoms with Crippen LogP contribution in [0.2, 0.25) is 0 Å². The van der Waals surface area contributed by atoms with Crippen molar-refractivity contribution >= 4 is 29.1 Å². The van der Waals surface area contributed by atoms with Crippen LogP contribution in [0.4, 0.5) is 5.69 Å². The molecule has 210 valence electrons. The first-order chi connectivity index (χ1) is 19.8. The van der Waals surface area contributed by atoms with Crippen LogP contribution in [0.25, 0.3) is 17.4 Å². The molecule has 0 fully saturated rings. The van der Waals surface area contributed by atoms with Crippen LogP contribution in [0, 0.1) is 10.1 Å². The molecule has 1 atom stereocenters. The van der Waals surface area contributed by atoms with Gasteiger partial charge >= 0.3 is 5.97 Å². The van der Waals surface area contributed by atoms with Gasteiger partial charge < -0.3 is 18.6 Å². The van der Waals surface area contributed by atoms with E-state index in [0.29, 0.717) is 56.7 Å². The number of aromatic nitrogens is 1. The van der Waals surface area contributed by atoms with Gasteiger partial charge in [-0.2, -0.15) is 0 Å². The SMILES string of the molecule is CCOc1ccc([C@@H]2C(C(=O)OC)=CN=c3s/c(=C\c4ccc(-c5cccc([N+](=O)[O-])c5)o4)c(=O)n32)cc1OCC. The van der Waals surface area contributed by atoms with E-state index in [4.69, 9.17) is 18.6 Å². The first-order valence-electron chi connectivity index (χ1n) is 12.7. The summed E-state index contributed by atoms with van der Waals surface area (Å²) >= 11 is 1.14. The predicted octanol–water partition coefficient (Wildman–Crippen LogP) is 3.98. The molecule has 0 aliphatic carbocycles. The second-order valence-corrected chi connectivity index (χ2v) is 9.77. The first kappa shape index (κ1) is 27.6. The van der Waals surface area contributed by atoms with Crippen LogP contribution in [-0.4, -0.2) is 35.8 Å². The minimum absolute atomic E-state index is 0.0584. The van der Waals surface area contributed by atoms with Gasteiger partial charge in [0.2, 0.25) is 0 Å². The molecule has 1 aliphatic rings. The molecule has 1 aliphatic heterocycles. The van der Waals surface area contributed by atoms with E-state index in [1.165, 1.54) is 30.0 Å². The molecule has 5 rings (SSSR count). The van der Waals surface area contributed by atoms with Crippen molar-refractivity contribution in [3.8, 4) is 22.8 Å². The largest absolute Gasteiger partial charge is 0.490 e. The van der Waals surface area contributed by atoms with Crippen LogP contribution in [0.15, 0.2) is 80.6 Å². The fourth-order valence-corrected chi connectivity index (χ4v) is 5.42. The van der Waals surface area contributed by atoms with E-state index in [9.17, 15) is 19.7 Å². The van der Waals surface area contributed by atoms with Gasteiger partial charge in [-0.25, -0.2) is 9.79 Å². The number of ether oxygens (including phenoxy) is 3. The predicted molar refractivity (Wildman–Crippen MR) is 151 cm³/mol. The molecule has 2 aromatic carbocycles. The summed E-state index contributed by atoms with van der Waals surface area (Å²) in [5, 5.41) is 11.2. The van der Waals surface area contributed by atoms with E-state index in [-0.39, 0.29) is 16.8 Å². The summed E-state index contributed by atoms with van der Waals surface area (Å²) in [5.41, 5.74) is 0.889. The molecule has 12 heteroatoms. The number of rotatable bonds is 9. The molecule has 0 amide bonds. The Balaban J connectivity index is 1.59. The van der Waals surface area contributed by atoms with Crippen LogP contribution < -0.4 is 24.4 Å². The number of carbonyl (C=O) groups is 1. The Labute approximate surface area is 237 Å². The smallest absolute Gasteiger partial charge is 0.337 e. The van der Waals surface area contributed by atoms with Gasteiger partial charge in [-0.1, -0.05) is 29.5 Å². The summed E-state index contributed by atoms with van der Waals surface area (Å²) < 4.78 is 24.1. The number of furan rings is 1.